The van der Waals surface area contributed by atoms with E-state index in [2.05, 4.69) is 193 Å². The second-order valence-electron chi connectivity index (χ2n) is 13.7. The van der Waals surface area contributed by atoms with Gasteiger partial charge in [0.15, 0.2) is 0 Å². The van der Waals surface area contributed by atoms with E-state index < -0.39 is 0 Å². The predicted molar refractivity (Wildman–Crippen MR) is 222 cm³/mol. The first-order valence-electron chi connectivity index (χ1n) is 18.0. The summed E-state index contributed by atoms with van der Waals surface area (Å²) in [6.07, 6.45) is 0. The van der Waals surface area contributed by atoms with Gasteiger partial charge in [0.25, 0.3) is 0 Å². The molecule has 11 rings (SSSR count). The first kappa shape index (κ1) is 29.6. The Morgan fingerprint density at radius 3 is 1.74 bits per heavy atom. The molecule has 0 saturated heterocycles. The van der Waals surface area contributed by atoms with Crippen molar-refractivity contribution in [1.29, 1.82) is 0 Å². The lowest BCUT2D eigenvalue weighted by molar-refractivity contribution is 0.669. The van der Waals surface area contributed by atoms with Crippen molar-refractivity contribution in [3.8, 4) is 22.3 Å². The van der Waals surface area contributed by atoms with E-state index in [0.29, 0.717) is 0 Å². The molecule has 0 saturated carbocycles. The number of furan rings is 2. The SMILES string of the molecule is c1ccc(-c2ccc3oc4cccc(N(c5ccc(-c6ccc7ccccc7c6)cc5)c5cccc6oc7c8ccccc8ccc7c56)c4c3c2)cc1. The van der Waals surface area contributed by atoms with Gasteiger partial charge in [-0.05, 0) is 99.1 Å². The fourth-order valence-electron chi connectivity index (χ4n) is 8.11. The molecule has 9 aromatic carbocycles. The van der Waals surface area contributed by atoms with Crippen molar-refractivity contribution in [1.82, 2.24) is 0 Å². The van der Waals surface area contributed by atoms with Crippen LogP contribution in [0.5, 0.6) is 0 Å². The second kappa shape index (κ2) is 11.7. The van der Waals surface area contributed by atoms with Crippen LogP contribution in [-0.2, 0) is 0 Å². The lowest BCUT2D eigenvalue weighted by Gasteiger charge is -2.27. The molecule has 248 valence electrons. The van der Waals surface area contributed by atoms with Gasteiger partial charge in [0.2, 0.25) is 0 Å². The zero-order chi connectivity index (χ0) is 34.9. The van der Waals surface area contributed by atoms with Gasteiger partial charge in [0.1, 0.15) is 22.3 Å². The maximum Gasteiger partial charge on any atom is 0.143 e. The molecular weight excluding hydrogens is 647 g/mol. The Morgan fingerprint density at radius 1 is 0.321 bits per heavy atom. The van der Waals surface area contributed by atoms with Crippen LogP contribution in [0.15, 0.2) is 197 Å². The van der Waals surface area contributed by atoms with Crippen molar-refractivity contribution >= 4 is 82.5 Å². The molecule has 0 atom stereocenters. The average molecular weight is 678 g/mol. The molecule has 3 heteroatoms. The van der Waals surface area contributed by atoms with Gasteiger partial charge in [-0.1, -0.05) is 127 Å². The molecule has 0 fully saturated rings. The Balaban J connectivity index is 1.17. The third kappa shape index (κ3) is 4.75. The monoisotopic (exact) mass is 677 g/mol. The molecule has 2 heterocycles. The zero-order valence-electron chi connectivity index (χ0n) is 28.7. The van der Waals surface area contributed by atoms with Gasteiger partial charge in [-0.3, -0.25) is 0 Å². The first-order valence-corrected chi connectivity index (χ1v) is 18.0. The third-order valence-electron chi connectivity index (χ3n) is 10.6. The summed E-state index contributed by atoms with van der Waals surface area (Å²) in [5.74, 6) is 0. The normalized spacial score (nSPS) is 11.8. The van der Waals surface area contributed by atoms with Gasteiger partial charge >= 0.3 is 0 Å². The molecule has 0 radical (unpaired) electrons. The van der Waals surface area contributed by atoms with Gasteiger partial charge in [-0.15, -0.1) is 0 Å². The number of fused-ring (bicyclic) bond motifs is 9. The minimum atomic E-state index is 0.843. The predicted octanol–water partition coefficient (Wildman–Crippen LogP) is 14.6. The van der Waals surface area contributed by atoms with E-state index in [4.69, 9.17) is 8.83 Å². The highest BCUT2D eigenvalue weighted by atomic mass is 16.3. The van der Waals surface area contributed by atoms with Crippen molar-refractivity contribution in [2.75, 3.05) is 4.90 Å². The molecule has 0 aliphatic carbocycles. The Bertz CT molecular complexity index is 3170. The van der Waals surface area contributed by atoms with E-state index in [0.717, 1.165) is 82.8 Å². The molecule has 53 heavy (non-hydrogen) atoms. The smallest absolute Gasteiger partial charge is 0.143 e. The highest BCUT2D eigenvalue weighted by Crippen LogP contribution is 2.48. The van der Waals surface area contributed by atoms with Crippen LogP contribution >= 0.6 is 0 Å². The molecule has 0 bridgehead atoms. The summed E-state index contributed by atoms with van der Waals surface area (Å²) in [6, 6.07) is 66.8. The van der Waals surface area contributed by atoms with E-state index in [1.54, 1.807) is 0 Å². The van der Waals surface area contributed by atoms with E-state index >= 15 is 0 Å². The Labute approximate surface area is 305 Å². The van der Waals surface area contributed by atoms with Gasteiger partial charge in [-0.2, -0.15) is 0 Å². The van der Waals surface area contributed by atoms with Crippen LogP contribution < -0.4 is 4.90 Å². The number of anilines is 3. The quantitative estimate of drug-likeness (QED) is 0.182. The fraction of sp³-hybridized carbons (Fsp3) is 0. The molecule has 2 aromatic heterocycles. The molecule has 3 nitrogen and oxygen atoms in total. The van der Waals surface area contributed by atoms with Crippen LogP contribution in [0.2, 0.25) is 0 Å². The Morgan fingerprint density at radius 2 is 0.925 bits per heavy atom. The molecule has 0 aliphatic rings. The third-order valence-corrected chi connectivity index (χ3v) is 10.6. The number of hydrogen-bond donors (Lipinski definition) is 0. The van der Waals surface area contributed by atoms with E-state index in [1.807, 2.05) is 0 Å². The first-order chi connectivity index (χ1) is 26.3. The number of hydrogen-bond acceptors (Lipinski definition) is 3. The number of nitrogens with zero attached hydrogens (tertiary/aromatic N) is 1. The van der Waals surface area contributed by atoms with Crippen LogP contribution in [0.25, 0.3) is 87.7 Å². The molecule has 0 amide bonds. The number of benzene rings is 9. The Hall–Kier alpha value is -7.10. The lowest BCUT2D eigenvalue weighted by Crippen LogP contribution is -2.10. The van der Waals surface area contributed by atoms with Crippen LogP contribution in [0.3, 0.4) is 0 Å². The largest absolute Gasteiger partial charge is 0.456 e. The topological polar surface area (TPSA) is 29.5 Å². The highest BCUT2D eigenvalue weighted by Gasteiger charge is 2.24. The van der Waals surface area contributed by atoms with Crippen molar-refractivity contribution < 1.29 is 8.83 Å². The molecule has 0 spiro atoms. The molecule has 11 aromatic rings. The summed E-state index contributed by atoms with van der Waals surface area (Å²) in [4.78, 5) is 2.38. The van der Waals surface area contributed by atoms with Crippen molar-refractivity contribution in [3.63, 3.8) is 0 Å². The standard InChI is InChI=1S/C50H31NO2/c1-2-10-32(11-3-1)38-25-29-45-42(31-38)49-44(17-8-18-46(49)52-45)51(39-26-22-34(23-27-39)37-21-20-33-12-4-5-14-36(33)30-37)43-16-9-19-47-48(43)41-28-24-35-13-6-7-15-40(35)50(41)53-47/h1-31H. The Kier molecular flexibility index (Phi) is 6.55. The van der Waals surface area contributed by atoms with Gasteiger partial charge in [0.05, 0.1) is 22.1 Å². The minimum absolute atomic E-state index is 0.843. The zero-order valence-corrected chi connectivity index (χ0v) is 28.7. The van der Waals surface area contributed by atoms with Crippen molar-refractivity contribution in [2.24, 2.45) is 0 Å². The van der Waals surface area contributed by atoms with Crippen molar-refractivity contribution in [3.05, 3.63) is 188 Å². The maximum atomic E-state index is 6.70. The highest BCUT2D eigenvalue weighted by molar-refractivity contribution is 6.21. The van der Waals surface area contributed by atoms with E-state index in [-0.39, 0.29) is 0 Å². The van der Waals surface area contributed by atoms with E-state index in [9.17, 15) is 0 Å². The lowest BCUT2D eigenvalue weighted by atomic mass is 9.99. The summed E-state index contributed by atoms with van der Waals surface area (Å²) < 4.78 is 13.3. The molecule has 0 aliphatic heterocycles. The number of rotatable bonds is 5. The second-order valence-corrected chi connectivity index (χ2v) is 13.7. The van der Waals surface area contributed by atoms with Crippen LogP contribution in [0, 0.1) is 0 Å². The average Bonchev–Trinajstić information content (AvgIpc) is 3.81. The minimum Gasteiger partial charge on any atom is -0.456 e. The van der Waals surface area contributed by atoms with Gasteiger partial charge in [-0.25, -0.2) is 0 Å². The summed E-state index contributed by atoms with van der Waals surface area (Å²) in [5.41, 5.74) is 11.2. The van der Waals surface area contributed by atoms with Crippen LogP contribution in [0.4, 0.5) is 17.1 Å². The maximum absolute atomic E-state index is 6.70. The summed E-state index contributed by atoms with van der Waals surface area (Å²) in [6.45, 7) is 0. The summed E-state index contributed by atoms with van der Waals surface area (Å²) >= 11 is 0. The van der Waals surface area contributed by atoms with Gasteiger partial charge < -0.3 is 13.7 Å². The van der Waals surface area contributed by atoms with Gasteiger partial charge in [0, 0.05) is 21.8 Å². The van der Waals surface area contributed by atoms with Crippen LogP contribution in [0.1, 0.15) is 0 Å². The molecule has 0 N–H and O–H groups in total. The van der Waals surface area contributed by atoms with E-state index in [1.165, 1.54) is 21.9 Å². The summed E-state index contributed by atoms with van der Waals surface area (Å²) in [7, 11) is 0. The van der Waals surface area contributed by atoms with Crippen molar-refractivity contribution in [2.45, 2.75) is 0 Å². The van der Waals surface area contributed by atoms with Crippen LogP contribution in [-0.4, -0.2) is 0 Å². The molecule has 0 unspecified atom stereocenters. The fourth-order valence-corrected chi connectivity index (χ4v) is 8.11. The molecular formula is C50H31NO2. The summed E-state index contributed by atoms with van der Waals surface area (Å²) in [5, 5.41) is 9.03.